The van der Waals surface area contributed by atoms with Crippen LogP contribution in [0.5, 0.6) is 5.75 Å². The van der Waals surface area contributed by atoms with Crippen LogP contribution in [0.1, 0.15) is 31.9 Å². The van der Waals surface area contributed by atoms with E-state index in [0.29, 0.717) is 12.3 Å². The van der Waals surface area contributed by atoms with Crippen LogP contribution < -0.4 is 10.1 Å². The first-order valence-corrected chi connectivity index (χ1v) is 10.1. The zero-order valence-electron chi connectivity index (χ0n) is 16.7. The van der Waals surface area contributed by atoms with E-state index in [1.807, 2.05) is 57.2 Å². The van der Waals surface area contributed by atoms with Gasteiger partial charge in [0.05, 0.1) is 0 Å². The van der Waals surface area contributed by atoms with Gasteiger partial charge in [0, 0.05) is 17.1 Å². The summed E-state index contributed by atoms with van der Waals surface area (Å²) < 4.78 is 6.57. The predicted molar refractivity (Wildman–Crippen MR) is 114 cm³/mol. The number of ether oxygens (including phenoxy) is 1. The van der Waals surface area contributed by atoms with Crippen molar-refractivity contribution >= 4 is 27.7 Å². The first kappa shape index (κ1) is 22.0. The smallest absolute Gasteiger partial charge is 0.261 e. The summed E-state index contributed by atoms with van der Waals surface area (Å²) in [5.41, 5.74) is 2.08. The zero-order valence-corrected chi connectivity index (χ0v) is 18.3. The van der Waals surface area contributed by atoms with Crippen LogP contribution in [0.3, 0.4) is 0 Å². The van der Waals surface area contributed by atoms with Crippen molar-refractivity contribution in [2.45, 2.75) is 46.3 Å². The third kappa shape index (κ3) is 6.68. The van der Waals surface area contributed by atoms with E-state index in [0.717, 1.165) is 15.6 Å². The van der Waals surface area contributed by atoms with Gasteiger partial charge < -0.3 is 15.0 Å². The summed E-state index contributed by atoms with van der Waals surface area (Å²) in [6.07, 6.45) is 0. The summed E-state index contributed by atoms with van der Waals surface area (Å²) in [4.78, 5) is 27.0. The second-order valence-electron chi connectivity index (χ2n) is 7.09. The van der Waals surface area contributed by atoms with Crippen LogP contribution in [-0.4, -0.2) is 35.4 Å². The largest absolute Gasteiger partial charge is 0.484 e. The van der Waals surface area contributed by atoms with E-state index in [4.69, 9.17) is 4.74 Å². The Kier molecular flexibility index (Phi) is 8.05. The van der Waals surface area contributed by atoms with Gasteiger partial charge in [-0.25, -0.2) is 0 Å². The Bertz CT molecular complexity index is 806. The zero-order chi connectivity index (χ0) is 20.7. The number of nitrogens with one attached hydrogen (secondary N) is 1. The van der Waals surface area contributed by atoms with Crippen molar-refractivity contribution in [2.75, 3.05) is 6.61 Å². The van der Waals surface area contributed by atoms with Crippen LogP contribution in [0.4, 0.5) is 0 Å². The number of carbonyl (C=O) groups is 2. The molecular formula is C22H27BrN2O3. The topological polar surface area (TPSA) is 58.6 Å². The molecule has 2 rings (SSSR count). The molecule has 0 unspecified atom stereocenters. The SMILES string of the molecule is Cc1cccc(CN(C(=O)COc2ccc(Br)cc2)[C@H](C)C(=O)NC(C)C)c1. The molecule has 1 atom stereocenters. The molecule has 0 heterocycles. The Balaban J connectivity index is 2.14. The van der Waals surface area contributed by atoms with E-state index in [-0.39, 0.29) is 24.5 Å². The fourth-order valence-electron chi connectivity index (χ4n) is 2.75. The lowest BCUT2D eigenvalue weighted by molar-refractivity contribution is -0.142. The van der Waals surface area contributed by atoms with Crippen molar-refractivity contribution in [1.29, 1.82) is 0 Å². The lowest BCUT2D eigenvalue weighted by Gasteiger charge is -2.29. The predicted octanol–water partition coefficient (Wildman–Crippen LogP) is 4.08. The molecule has 1 N–H and O–H groups in total. The molecule has 0 saturated carbocycles. The summed E-state index contributed by atoms with van der Waals surface area (Å²) in [5.74, 6) is 0.182. The summed E-state index contributed by atoms with van der Waals surface area (Å²) >= 11 is 3.37. The number of benzene rings is 2. The Morgan fingerprint density at radius 3 is 2.39 bits per heavy atom. The van der Waals surface area contributed by atoms with Crippen molar-refractivity contribution in [3.05, 3.63) is 64.1 Å². The minimum absolute atomic E-state index is 0.00453. The highest BCUT2D eigenvalue weighted by Gasteiger charge is 2.26. The first-order chi connectivity index (χ1) is 13.3. The van der Waals surface area contributed by atoms with Gasteiger partial charge in [-0.05, 0) is 57.5 Å². The Morgan fingerprint density at radius 2 is 1.79 bits per heavy atom. The molecular weight excluding hydrogens is 420 g/mol. The van der Waals surface area contributed by atoms with Gasteiger partial charge in [-0.1, -0.05) is 45.8 Å². The average molecular weight is 447 g/mol. The standard InChI is InChI=1S/C22H27BrN2O3/c1-15(2)24-22(27)17(4)25(13-18-7-5-6-16(3)12-18)21(26)14-28-20-10-8-19(23)9-11-20/h5-12,15,17H,13-14H2,1-4H3,(H,24,27)/t17-/m1/s1. The van der Waals surface area contributed by atoms with E-state index in [1.165, 1.54) is 0 Å². The molecule has 0 aliphatic carbocycles. The van der Waals surface area contributed by atoms with Gasteiger partial charge in [-0.15, -0.1) is 0 Å². The van der Waals surface area contributed by atoms with Gasteiger partial charge >= 0.3 is 0 Å². The van der Waals surface area contributed by atoms with E-state index < -0.39 is 6.04 Å². The molecule has 0 fully saturated rings. The second-order valence-corrected chi connectivity index (χ2v) is 8.01. The molecule has 28 heavy (non-hydrogen) atoms. The van der Waals surface area contributed by atoms with E-state index >= 15 is 0 Å². The molecule has 2 aromatic rings. The summed E-state index contributed by atoms with van der Waals surface area (Å²) in [6, 6.07) is 14.6. The number of hydrogen-bond acceptors (Lipinski definition) is 3. The van der Waals surface area contributed by atoms with Crippen molar-refractivity contribution < 1.29 is 14.3 Å². The molecule has 0 bridgehead atoms. The second kappa shape index (κ2) is 10.3. The summed E-state index contributed by atoms with van der Waals surface area (Å²) in [5, 5.41) is 2.88. The highest BCUT2D eigenvalue weighted by Crippen LogP contribution is 2.17. The number of carbonyl (C=O) groups excluding carboxylic acids is 2. The van der Waals surface area contributed by atoms with Gasteiger partial charge in [0.1, 0.15) is 11.8 Å². The van der Waals surface area contributed by atoms with Crippen LogP contribution in [0.25, 0.3) is 0 Å². The molecule has 2 amide bonds. The quantitative estimate of drug-likeness (QED) is 0.664. The number of amides is 2. The van der Waals surface area contributed by atoms with E-state index in [2.05, 4.69) is 21.2 Å². The molecule has 0 aromatic heterocycles. The van der Waals surface area contributed by atoms with Gasteiger partial charge in [0.2, 0.25) is 5.91 Å². The lowest BCUT2D eigenvalue weighted by atomic mass is 10.1. The van der Waals surface area contributed by atoms with Crippen molar-refractivity contribution in [3.63, 3.8) is 0 Å². The molecule has 6 heteroatoms. The minimum atomic E-state index is -0.607. The van der Waals surface area contributed by atoms with Gasteiger partial charge in [-0.3, -0.25) is 9.59 Å². The van der Waals surface area contributed by atoms with Crippen molar-refractivity contribution in [3.8, 4) is 5.75 Å². The summed E-state index contributed by atoms with van der Waals surface area (Å²) in [6.45, 7) is 7.75. The third-order valence-electron chi connectivity index (χ3n) is 4.21. The number of hydrogen-bond donors (Lipinski definition) is 1. The van der Waals surface area contributed by atoms with E-state index in [1.54, 1.807) is 24.0 Å². The van der Waals surface area contributed by atoms with Crippen molar-refractivity contribution in [2.24, 2.45) is 0 Å². The van der Waals surface area contributed by atoms with Crippen LogP contribution in [0, 0.1) is 6.92 Å². The van der Waals surface area contributed by atoms with Crippen molar-refractivity contribution in [1.82, 2.24) is 10.2 Å². The molecule has 0 aliphatic heterocycles. The number of nitrogens with zero attached hydrogens (tertiary/aromatic N) is 1. The van der Waals surface area contributed by atoms with Gasteiger partial charge in [0.15, 0.2) is 6.61 Å². The molecule has 150 valence electrons. The first-order valence-electron chi connectivity index (χ1n) is 9.30. The molecule has 0 radical (unpaired) electrons. The van der Waals surface area contributed by atoms with Crippen LogP contribution >= 0.6 is 15.9 Å². The molecule has 0 saturated heterocycles. The number of aryl methyl sites for hydroxylation is 1. The van der Waals surface area contributed by atoms with Gasteiger partial charge in [-0.2, -0.15) is 0 Å². The highest BCUT2D eigenvalue weighted by atomic mass is 79.9. The average Bonchev–Trinajstić information content (AvgIpc) is 2.64. The third-order valence-corrected chi connectivity index (χ3v) is 4.74. The number of rotatable bonds is 8. The van der Waals surface area contributed by atoms with Crippen LogP contribution in [0.2, 0.25) is 0 Å². The monoisotopic (exact) mass is 446 g/mol. The fourth-order valence-corrected chi connectivity index (χ4v) is 3.02. The highest BCUT2D eigenvalue weighted by molar-refractivity contribution is 9.10. The fraction of sp³-hybridized carbons (Fsp3) is 0.364. The molecule has 2 aromatic carbocycles. The van der Waals surface area contributed by atoms with Crippen LogP contribution in [-0.2, 0) is 16.1 Å². The molecule has 0 spiro atoms. The maximum Gasteiger partial charge on any atom is 0.261 e. The van der Waals surface area contributed by atoms with Gasteiger partial charge in [0.25, 0.3) is 5.91 Å². The Hall–Kier alpha value is -2.34. The van der Waals surface area contributed by atoms with Crippen LogP contribution in [0.15, 0.2) is 53.0 Å². The lowest BCUT2D eigenvalue weighted by Crippen LogP contribution is -2.50. The maximum atomic E-state index is 12.9. The maximum absolute atomic E-state index is 12.9. The normalized spacial score (nSPS) is 11.8. The Morgan fingerprint density at radius 1 is 1.11 bits per heavy atom. The Labute approximate surface area is 175 Å². The molecule has 0 aliphatic rings. The molecule has 5 nitrogen and oxygen atoms in total. The minimum Gasteiger partial charge on any atom is -0.484 e. The van der Waals surface area contributed by atoms with E-state index in [9.17, 15) is 9.59 Å². The number of halogens is 1. The summed E-state index contributed by atoms with van der Waals surface area (Å²) in [7, 11) is 0.